The molecular weight excluding hydrogens is 352 g/mol. The minimum absolute atomic E-state index is 0.191. The number of rotatable bonds is 7. The summed E-state index contributed by atoms with van der Waals surface area (Å²) in [5.74, 6) is -0.364. The van der Waals surface area contributed by atoms with Crippen LogP contribution in [0.1, 0.15) is 11.1 Å². The molecule has 0 fully saturated rings. The first-order valence-electron chi connectivity index (χ1n) is 7.89. The lowest BCUT2D eigenvalue weighted by Gasteiger charge is -2.12. The fraction of sp³-hybridized carbons (Fsp3) is 0.222. The molecule has 0 aliphatic carbocycles. The molecule has 142 valence electrons. The van der Waals surface area contributed by atoms with Gasteiger partial charge in [0.15, 0.2) is 11.5 Å². The number of hydrazone groups is 1. The Morgan fingerprint density at radius 2 is 1.81 bits per heavy atom. The highest BCUT2D eigenvalue weighted by Crippen LogP contribution is 2.37. The normalized spacial score (nSPS) is 10.3. The number of carbonyl (C=O) groups is 2. The van der Waals surface area contributed by atoms with Crippen LogP contribution in [0.2, 0.25) is 0 Å². The maximum atomic E-state index is 11.8. The molecule has 1 heterocycles. The molecule has 0 saturated carbocycles. The summed E-state index contributed by atoms with van der Waals surface area (Å²) in [6.45, 7) is 0.191. The summed E-state index contributed by atoms with van der Waals surface area (Å²) in [5.41, 5.74) is 3.52. The SMILES string of the molecule is COc1cc(/C=N/NC(=O)C(=O)NCc2cccnc2)cc(OC)c1OC. The predicted molar refractivity (Wildman–Crippen MR) is 97.9 cm³/mol. The van der Waals surface area contributed by atoms with E-state index in [4.69, 9.17) is 14.2 Å². The van der Waals surface area contributed by atoms with E-state index in [0.717, 1.165) is 5.56 Å². The van der Waals surface area contributed by atoms with Crippen LogP contribution in [-0.2, 0) is 16.1 Å². The summed E-state index contributed by atoms with van der Waals surface area (Å²) in [7, 11) is 4.48. The standard InChI is InChI=1S/C18H20N4O5/c1-25-14-7-13(8-15(26-2)16(14)27-3)11-21-22-18(24)17(23)20-10-12-5-4-6-19-9-12/h4-9,11H,10H2,1-3H3,(H,20,23)(H,22,24)/b21-11+. The van der Waals surface area contributed by atoms with Gasteiger partial charge in [-0.25, -0.2) is 5.43 Å². The number of benzene rings is 1. The number of hydrogen-bond donors (Lipinski definition) is 2. The summed E-state index contributed by atoms with van der Waals surface area (Å²) < 4.78 is 15.7. The van der Waals surface area contributed by atoms with E-state index in [1.165, 1.54) is 27.5 Å². The van der Waals surface area contributed by atoms with Crippen LogP contribution in [0.4, 0.5) is 0 Å². The summed E-state index contributed by atoms with van der Waals surface area (Å²) in [6.07, 6.45) is 4.58. The van der Waals surface area contributed by atoms with E-state index in [0.29, 0.717) is 22.8 Å². The second-order valence-electron chi connectivity index (χ2n) is 5.20. The number of nitrogens with zero attached hydrogens (tertiary/aromatic N) is 2. The van der Waals surface area contributed by atoms with Gasteiger partial charge in [-0.05, 0) is 23.8 Å². The fourth-order valence-corrected chi connectivity index (χ4v) is 2.16. The van der Waals surface area contributed by atoms with Crippen LogP contribution in [0.15, 0.2) is 41.8 Å². The zero-order valence-corrected chi connectivity index (χ0v) is 15.2. The van der Waals surface area contributed by atoms with Crippen LogP contribution in [0, 0.1) is 0 Å². The van der Waals surface area contributed by atoms with Gasteiger partial charge in [0.25, 0.3) is 0 Å². The molecule has 0 atom stereocenters. The van der Waals surface area contributed by atoms with Crippen molar-refractivity contribution in [2.24, 2.45) is 5.10 Å². The highest BCUT2D eigenvalue weighted by molar-refractivity contribution is 6.35. The van der Waals surface area contributed by atoms with Crippen LogP contribution in [-0.4, -0.2) is 44.3 Å². The Labute approximate surface area is 156 Å². The molecule has 1 aromatic heterocycles. The third kappa shape index (κ3) is 5.43. The summed E-state index contributed by atoms with van der Waals surface area (Å²) in [4.78, 5) is 27.5. The average molecular weight is 372 g/mol. The van der Waals surface area contributed by atoms with Gasteiger partial charge in [0.05, 0.1) is 27.5 Å². The molecule has 27 heavy (non-hydrogen) atoms. The molecule has 0 unspecified atom stereocenters. The van der Waals surface area contributed by atoms with Gasteiger partial charge in [-0.3, -0.25) is 14.6 Å². The minimum Gasteiger partial charge on any atom is -0.493 e. The molecule has 9 heteroatoms. The first-order valence-corrected chi connectivity index (χ1v) is 7.89. The van der Waals surface area contributed by atoms with E-state index in [1.807, 2.05) is 0 Å². The van der Waals surface area contributed by atoms with E-state index in [-0.39, 0.29) is 6.54 Å². The Kier molecular flexibility index (Phi) is 7.12. The van der Waals surface area contributed by atoms with Crippen molar-refractivity contribution in [1.29, 1.82) is 0 Å². The molecule has 0 aliphatic rings. The zero-order chi connectivity index (χ0) is 19.6. The largest absolute Gasteiger partial charge is 0.493 e. The van der Waals surface area contributed by atoms with E-state index >= 15 is 0 Å². The predicted octanol–water partition coefficient (Wildman–Crippen LogP) is 0.874. The molecule has 9 nitrogen and oxygen atoms in total. The fourth-order valence-electron chi connectivity index (χ4n) is 2.16. The number of carbonyl (C=O) groups excluding carboxylic acids is 2. The van der Waals surface area contributed by atoms with Crippen molar-refractivity contribution in [3.05, 3.63) is 47.8 Å². The first-order chi connectivity index (χ1) is 13.1. The van der Waals surface area contributed by atoms with Crippen LogP contribution in [0.25, 0.3) is 0 Å². The van der Waals surface area contributed by atoms with Gasteiger partial charge in [-0.1, -0.05) is 6.07 Å². The van der Waals surface area contributed by atoms with Gasteiger partial charge in [0.1, 0.15) is 0 Å². The monoisotopic (exact) mass is 372 g/mol. The highest BCUT2D eigenvalue weighted by Gasteiger charge is 2.14. The van der Waals surface area contributed by atoms with Crippen molar-refractivity contribution in [1.82, 2.24) is 15.7 Å². The smallest absolute Gasteiger partial charge is 0.329 e. The highest BCUT2D eigenvalue weighted by atomic mass is 16.5. The molecule has 0 radical (unpaired) electrons. The van der Waals surface area contributed by atoms with Crippen LogP contribution < -0.4 is 25.0 Å². The van der Waals surface area contributed by atoms with E-state index in [1.54, 1.807) is 36.7 Å². The molecule has 2 amide bonds. The van der Waals surface area contributed by atoms with E-state index in [9.17, 15) is 9.59 Å². The zero-order valence-electron chi connectivity index (χ0n) is 15.2. The van der Waals surface area contributed by atoms with Gasteiger partial charge >= 0.3 is 11.8 Å². The van der Waals surface area contributed by atoms with Crippen LogP contribution in [0.5, 0.6) is 17.2 Å². The Morgan fingerprint density at radius 1 is 1.11 bits per heavy atom. The maximum absolute atomic E-state index is 11.8. The number of pyridine rings is 1. The van der Waals surface area contributed by atoms with Crippen molar-refractivity contribution in [2.45, 2.75) is 6.54 Å². The van der Waals surface area contributed by atoms with Gasteiger partial charge in [-0.2, -0.15) is 5.10 Å². The van der Waals surface area contributed by atoms with Crippen molar-refractivity contribution in [3.63, 3.8) is 0 Å². The number of hydrogen-bond acceptors (Lipinski definition) is 7. The summed E-state index contributed by atoms with van der Waals surface area (Å²) >= 11 is 0. The van der Waals surface area contributed by atoms with Gasteiger partial charge in [0.2, 0.25) is 5.75 Å². The second kappa shape index (κ2) is 9.76. The molecule has 2 rings (SSSR count). The lowest BCUT2D eigenvalue weighted by atomic mass is 10.2. The lowest BCUT2D eigenvalue weighted by molar-refractivity contribution is -0.139. The Bertz CT molecular complexity index is 799. The van der Waals surface area contributed by atoms with E-state index < -0.39 is 11.8 Å². The number of aromatic nitrogens is 1. The van der Waals surface area contributed by atoms with Crippen LogP contribution >= 0.6 is 0 Å². The first kappa shape index (κ1) is 19.7. The number of ether oxygens (including phenoxy) is 3. The van der Waals surface area contributed by atoms with Gasteiger partial charge < -0.3 is 19.5 Å². The lowest BCUT2D eigenvalue weighted by Crippen LogP contribution is -2.37. The third-order valence-electron chi connectivity index (χ3n) is 3.45. The maximum Gasteiger partial charge on any atom is 0.329 e. The Hall–Kier alpha value is -3.62. The van der Waals surface area contributed by atoms with Crippen molar-refractivity contribution < 1.29 is 23.8 Å². The molecule has 0 saturated heterocycles. The van der Waals surface area contributed by atoms with Gasteiger partial charge in [-0.15, -0.1) is 0 Å². The minimum atomic E-state index is -0.886. The third-order valence-corrected chi connectivity index (χ3v) is 3.45. The summed E-state index contributed by atoms with van der Waals surface area (Å²) in [5, 5.41) is 6.25. The molecule has 1 aromatic carbocycles. The molecule has 0 aliphatic heterocycles. The number of nitrogens with one attached hydrogen (secondary N) is 2. The van der Waals surface area contributed by atoms with Crippen molar-refractivity contribution in [2.75, 3.05) is 21.3 Å². The number of amides is 2. The van der Waals surface area contributed by atoms with Crippen molar-refractivity contribution >= 4 is 18.0 Å². The Morgan fingerprint density at radius 3 is 2.37 bits per heavy atom. The molecule has 2 aromatic rings. The van der Waals surface area contributed by atoms with E-state index in [2.05, 4.69) is 20.8 Å². The molecule has 0 spiro atoms. The molecule has 2 N–H and O–H groups in total. The van der Waals surface area contributed by atoms with Gasteiger partial charge in [0, 0.05) is 24.5 Å². The topological polar surface area (TPSA) is 111 Å². The Balaban J connectivity index is 1.95. The second-order valence-corrected chi connectivity index (χ2v) is 5.20. The number of methoxy groups -OCH3 is 3. The van der Waals surface area contributed by atoms with Crippen molar-refractivity contribution in [3.8, 4) is 17.2 Å². The summed E-state index contributed by atoms with van der Waals surface area (Å²) in [6, 6.07) is 6.83. The molecular formula is C18H20N4O5. The van der Waals surface area contributed by atoms with Crippen LogP contribution in [0.3, 0.4) is 0 Å². The average Bonchev–Trinajstić information content (AvgIpc) is 2.71. The quantitative estimate of drug-likeness (QED) is 0.424. The molecule has 0 bridgehead atoms.